The first kappa shape index (κ1) is 15.8. The molecule has 0 spiro atoms. The van der Waals surface area contributed by atoms with E-state index in [0.29, 0.717) is 17.1 Å². The van der Waals surface area contributed by atoms with Crippen LogP contribution in [0.1, 0.15) is 12.5 Å². The number of anilines is 1. The number of rotatable bonds is 4. The number of nitrogens with zero attached hydrogens (tertiary/aromatic N) is 4. The van der Waals surface area contributed by atoms with Gasteiger partial charge < -0.3 is 0 Å². The van der Waals surface area contributed by atoms with Crippen LogP contribution in [0.25, 0.3) is 10.8 Å². The van der Waals surface area contributed by atoms with Gasteiger partial charge in [0.05, 0.1) is 16.8 Å². The molecule has 1 heterocycles. The molecule has 1 aromatic heterocycles. The van der Waals surface area contributed by atoms with Gasteiger partial charge >= 0.3 is 0 Å². The van der Waals surface area contributed by atoms with Gasteiger partial charge in [0.25, 0.3) is 5.69 Å². The van der Waals surface area contributed by atoms with Crippen LogP contribution in [-0.4, -0.2) is 20.8 Å². The molecule has 7 nitrogen and oxygen atoms in total. The van der Waals surface area contributed by atoms with E-state index in [1.54, 1.807) is 19.2 Å². The number of nitro benzene ring substituents is 1. The third kappa shape index (κ3) is 3.16. The maximum absolute atomic E-state index is 11.0. The van der Waals surface area contributed by atoms with Crippen molar-refractivity contribution in [3.63, 3.8) is 0 Å². The van der Waals surface area contributed by atoms with E-state index in [4.69, 9.17) is 11.6 Å². The van der Waals surface area contributed by atoms with Gasteiger partial charge in [-0.2, -0.15) is 10.2 Å². The van der Waals surface area contributed by atoms with E-state index in [2.05, 4.69) is 20.7 Å². The van der Waals surface area contributed by atoms with Crippen LogP contribution in [0.15, 0.2) is 53.8 Å². The highest BCUT2D eigenvalue weighted by molar-refractivity contribution is 6.32. The average Bonchev–Trinajstić information content (AvgIpc) is 2.59. The zero-order valence-electron chi connectivity index (χ0n) is 12.6. The van der Waals surface area contributed by atoms with Crippen molar-refractivity contribution in [3.8, 4) is 0 Å². The molecule has 0 amide bonds. The van der Waals surface area contributed by atoms with Crippen molar-refractivity contribution in [3.05, 3.63) is 69.4 Å². The Labute approximate surface area is 142 Å². The molecule has 3 rings (SSSR count). The molecule has 0 bridgehead atoms. The summed E-state index contributed by atoms with van der Waals surface area (Å²) in [6, 6.07) is 12.2. The van der Waals surface area contributed by atoms with E-state index >= 15 is 0 Å². The molecule has 0 fully saturated rings. The van der Waals surface area contributed by atoms with Gasteiger partial charge in [-0.05, 0) is 13.0 Å². The minimum absolute atomic E-state index is 0.0874. The van der Waals surface area contributed by atoms with Gasteiger partial charge in [-0.15, -0.1) is 5.10 Å². The fourth-order valence-electron chi connectivity index (χ4n) is 2.19. The number of hydrazone groups is 1. The van der Waals surface area contributed by atoms with E-state index in [9.17, 15) is 10.1 Å². The van der Waals surface area contributed by atoms with Crippen LogP contribution < -0.4 is 5.43 Å². The Morgan fingerprint density at radius 3 is 2.88 bits per heavy atom. The lowest BCUT2D eigenvalue weighted by atomic mass is 10.1. The Morgan fingerprint density at radius 1 is 1.29 bits per heavy atom. The van der Waals surface area contributed by atoms with Crippen LogP contribution in [-0.2, 0) is 0 Å². The number of nitro groups is 1. The molecule has 120 valence electrons. The zero-order valence-corrected chi connectivity index (χ0v) is 13.4. The monoisotopic (exact) mass is 341 g/mol. The van der Waals surface area contributed by atoms with E-state index in [1.807, 2.05) is 24.3 Å². The van der Waals surface area contributed by atoms with Gasteiger partial charge in [0.1, 0.15) is 5.02 Å². The smallest absolute Gasteiger partial charge is 0.259 e. The second kappa shape index (κ2) is 6.59. The highest BCUT2D eigenvalue weighted by Gasteiger charge is 2.13. The van der Waals surface area contributed by atoms with E-state index in [1.165, 1.54) is 12.1 Å². The summed E-state index contributed by atoms with van der Waals surface area (Å²) in [5.74, 6) is 0.510. The van der Waals surface area contributed by atoms with Crippen LogP contribution in [0, 0.1) is 10.1 Å². The molecule has 0 aliphatic heterocycles. The number of nitrogens with one attached hydrogen (secondary N) is 1. The van der Waals surface area contributed by atoms with Crippen molar-refractivity contribution in [2.24, 2.45) is 5.10 Å². The summed E-state index contributed by atoms with van der Waals surface area (Å²) in [6.45, 7) is 1.73. The molecule has 0 saturated carbocycles. The molecule has 0 radical (unpaired) electrons. The lowest BCUT2D eigenvalue weighted by Crippen LogP contribution is -2.03. The molecule has 24 heavy (non-hydrogen) atoms. The maximum Gasteiger partial charge on any atom is 0.288 e. The SMILES string of the molecule is C/C(=N\Nc1nncc2ccccc12)c1ccc(Cl)c([N+](=O)[O-])c1. The number of fused-ring (bicyclic) bond motifs is 1. The molecule has 3 aromatic rings. The van der Waals surface area contributed by atoms with Gasteiger partial charge in [-0.25, -0.2) is 0 Å². The summed E-state index contributed by atoms with van der Waals surface area (Å²) >= 11 is 5.82. The second-order valence-electron chi connectivity index (χ2n) is 5.01. The third-order valence-corrected chi connectivity index (χ3v) is 3.78. The van der Waals surface area contributed by atoms with Crippen LogP contribution in [0.5, 0.6) is 0 Å². The highest BCUT2D eigenvalue weighted by atomic mass is 35.5. The van der Waals surface area contributed by atoms with Crippen LogP contribution in [0.2, 0.25) is 5.02 Å². The van der Waals surface area contributed by atoms with Gasteiger partial charge in [0.2, 0.25) is 0 Å². The van der Waals surface area contributed by atoms with Crippen molar-refractivity contribution in [2.45, 2.75) is 6.92 Å². The number of hydrogen-bond donors (Lipinski definition) is 1. The summed E-state index contributed by atoms with van der Waals surface area (Å²) in [4.78, 5) is 10.4. The fraction of sp³-hybridized carbons (Fsp3) is 0.0625. The maximum atomic E-state index is 11.0. The minimum atomic E-state index is -0.525. The predicted molar refractivity (Wildman–Crippen MR) is 93.5 cm³/mol. The van der Waals surface area contributed by atoms with Gasteiger partial charge in [-0.1, -0.05) is 41.9 Å². The minimum Gasteiger partial charge on any atom is -0.259 e. The standard InChI is InChI=1S/C16H12ClN5O2/c1-10(11-6-7-14(17)15(8-11)22(23)24)19-21-16-13-5-3-2-4-12(13)9-18-20-16/h2-9H,1H3,(H,20,21)/b19-10+. The van der Waals surface area contributed by atoms with Gasteiger partial charge in [0, 0.05) is 22.4 Å². The first-order valence-corrected chi connectivity index (χ1v) is 7.39. The van der Waals surface area contributed by atoms with Crippen LogP contribution in [0.3, 0.4) is 0 Å². The number of halogens is 1. The second-order valence-corrected chi connectivity index (χ2v) is 5.42. The van der Waals surface area contributed by atoms with Gasteiger partial charge in [-0.3, -0.25) is 15.5 Å². The van der Waals surface area contributed by atoms with Crippen molar-refractivity contribution in [1.82, 2.24) is 10.2 Å². The van der Waals surface area contributed by atoms with Crippen molar-refractivity contribution in [1.29, 1.82) is 0 Å². The zero-order chi connectivity index (χ0) is 17.1. The fourth-order valence-corrected chi connectivity index (χ4v) is 2.38. The molecular formula is C16H12ClN5O2. The van der Waals surface area contributed by atoms with Crippen LogP contribution in [0.4, 0.5) is 11.5 Å². The first-order chi connectivity index (χ1) is 11.6. The predicted octanol–water partition coefficient (Wildman–Crippen LogP) is 4.03. The molecule has 0 unspecified atom stereocenters. The van der Waals surface area contributed by atoms with E-state index in [0.717, 1.165) is 10.8 Å². The normalized spacial score (nSPS) is 11.5. The van der Waals surface area contributed by atoms with E-state index in [-0.39, 0.29) is 10.7 Å². The summed E-state index contributed by atoms with van der Waals surface area (Å²) in [7, 11) is 0. The average molecular weight is 342 g/mol. The number of benzene rings is 2. The molecule has 2 aromatic carbocycles. The first-order valence-electron chi connectivity index (χ1n) is 7.01. The lowest BCUT2D eigenvalue weighted by Gasteiger charge is -2.06. The lowest BCUT2D eigenvalue weighted by molar-refractivity contribution is -0.384. The van der Waals surface area contributed by atoms with Crippen molar-refractivity contribution >= 4 is 39.6 Å². The molecule has 0 atom stereocenters. The van der Waals surface area contributed by atoms with Gasteiger partial charge in [0.15, 0.2) is 5.82 Å². The third-order valence-electron chi connectivity index (χ3n) is 3.46. The number of hydrogen-bond acceptors (Lipinski definition) is 6. The molecule has 0 aliphatic carbocycles. The van der Waals surface area contributed by atoms with E-state index < -0.39 is 4.92 Å². The Bertz CT molecular complexity index is 953. The molecule has 1 N–H and O–H groups in total. The Hall–Kier alpha value is -3.06. The topological polar surface area (TPSA) is 93.3 Å². The van der Waals surface area contributed by atoms with Crippen molar-refractivity contribution in [2.75, 3.05) is 5.43 Å². The summed E-state index contributed by atoms with van der Waals surface area (Å²) < 4.78 is 0. The largest absolute Gasteiger partial charge is 0.288 e. The van der Waals surface area contributed by atoms with Crippen LogP contribution >= 0.6 is 11.6 Å². The molecule has 0 aliphatic rings. The Morgan fingerprint density at radius 2 is 2.08 bits per heavy atom. The summed E-state index contributed by atoms with van der Waals surface area (Å²) in [5.41, 5.74) is 3.85. The quantitative estimate of drug-likeness (QED) is 0.439. The summed E-state index contributed by atoms with van der Waals surface area (Å²) in [5, 5.41) is 25.1. The Balaban J connectivity index is 1.91. The number of aromatic nitrogens is 2. The molecule has 0 saturated heterocycles. The highest BCUT2D eigenvalue weighted by Crippen LogP contribution is 2.25. The molecule has 8 heteroatoms. The molecular weight excluding hydrogens is 330 g/mol. The van der Waals surface area contributed by atoms with Crippen molar-refractivity contribution < 1.29 is 4.92 Å². The Kier molecular flexibility index (Phi) is 4.35. The summed E-state index contributed by atoms with van der Waals surface area (Å²) in [6.07, 6.45) is 1.67.